The fraction of sp³-hybridized carbons (Fsp3) is 0.250. The van der Waals surface area contributed by atoms with Crippen LogP contribution in [0.1, 0.15) is 31.6 Å². The summed E-state index contributed by atoms with van der Waals surface area (Å²) in [6.45, 7) is 1.80. The van der Waals surface area contributed by atoms with Crippen molar-refractivity contribution in [2.45, 2.75) is 25.9 Å². The Kier molecular flexibility index (Phi) is 5.62. The highest BCUT2D eigenvalue weighted by molar-refractivity contribution is 7.86. The molecule has 148 valence electrons. The zero-order valence-corrected chi connectivity index (χ0v) is 16.1. The van der Waals surface area contributed by atoms with Crippen molar-refractivity contribution in [1.82, 2.24) is 0 Å². The third-order valence-electron chi connectivity index (χ3n) is 4.14. The number of rotatable bonds is 6. The van der Waals surface area contributed by atoms with Gasteiger partial charge in [-0.3, -0.25) is 8.98 Å². The van der Waals surface area contributed by atoms with Crippen LogP contribution in [0.3, 0.4) is 0 Å². The average molecular weight is 408 g/mol. The van der Waals surface area contributed by atoms with E-state index in [1.807, 2.05) is 0 Å². The highest BCUT2D eigenvalue weighted by Crippen LogP contribution is 2.34. The van der Waals surface area contributed by atoms with Crippen molar-refractivity contribution in [2.75, 3.05) is 6.26 Å². The van der Waals surface area contributed by atoms with Crippen molar-refractivity contribution < 1.29 is 25.8 Å². The lowest BCUT2D eigenvalue weighted by Crippen LogP contribution is -2.17. The molecular weight excluding hydrogens is 390 g/mol. The Labute approximate surface area is 160 Å². The van der Waals surface area contributed by atoms with Crippen molar-refractivity contribution in [3.05, 3.63) is 70.1 Å². The lowest BCUT2D eigenvalue weighted by molar-refractivity contribution is 0.176. The molecule has 0 N–H and O–H groups in total. The Balaban J connectivity index is 2.40. The van der Waals surface area contributed by atoms with Gasteiger partial charge in [0, 0.05) is 0 Å². The smallest absolute Gasteiger partial charge is 0.265 e. The molecule has 8 heteroatoms. The molecule has 0 spiro atoms. The van der Waals surface area contributed by atoms with Crippen molar-refractivity contribution in [1.29, 1.82) is 0 Å². The largest absolute Gasteiger partial charge is 0.457 e. The maximum atomic E-state index is 14.3. The van der Waals surface area contributed by atoms with E-state index >= 15 is 0 Å². The van der Waals surface area contributed by atoms with Crippen LogP contribution in [0.15, 0.2) is 51.7 Å². The quantitative estimate of drug-likeness (QED) is 0.559. The van der Waals surface area contributed by atoms with E-state index in [1.54, 1.807) is 6.92 Å². The third-order valence-corrected chi connectivity index (χ3v) is 4.73. The van der Waals surface area contributed by atoms with Gasteiger partial charge in [0.2, 0.25) is 5.43 Å². The molecule has 28 heavy (non-hydrogen) atoms. The van der Waals surface area contributed by atoms with Crippen LogP contribution in [0.4, 0.5) is 8.78 Å². The summed E-state index contributed by atoms with van der Waals surface area (Å²) < 4.78 is 62.5. The number of hydrogen-bond acceptors (Lipinski definition) is 5. The first-order valence-corrected chi connectivity index (χ1v) is 10.4. The van der Waals surface area contributed by atoms with Gasteiger partial charge in [-0.1, -0.05) is 31.5 Å². The molecule has 0 aliphatic carbocycles. The maximum absolute atomic E-state index is 14.3. The minimum absolute atomic E-state index is 0.0432. The molecule has 0 radical (unpaired) electrons. The first kappa shape index (κ1) is 20.2. The van der Waals surface area contributed by atoms with Gasteiger partial charge >= 0.3 is 0 Å². The molecule has 1 unspecified atom stereocenters. The van der Waals surface area contributed by atoms with E-state index in [2.05, 4.69) is 0 Å². The van der Waals surface area contributed by atoms with Crippen LogP contribution in [0.5, 0.6) is 0 Å². The third kappa shape index (κ3) is 4.13. The molecule has 5 nitrogen and oxygen atoms in total. The normalized spacial score (nSPS) is 13.0. The molecule has 0 saturated heterocycles. The molecule has 1 atom stereocenters. The van der Waals surface area contributed by atoms with Crippen LogP contribution in [0.25, 0.3) is 22.1 Å². The van der Waals surface area contributed by atoms with Crippen molar-refractivity contribution >= 4 is 21.1 Å². The van der Waals surface area contributed by atoms with Gasteiger partial charge in [-0.15, -0.1) is 0 Å². The molecule has 0 amide bonds. The average Bonchev–Trinajstić information content (AvgIpc) is 2.60. The van der Waals surface area contributed by atoms with Crippen molar-refractivity contribution in [2.24, 2.45) is 0 Å². The molecule has 0 fully saturated rings. The molecule has 3 aromatic rings. The lowest BCUT2D eigenvalue weighted by Gasteiger charge is -2.19. The Hall–Kier alpha value is -2.58. The number of benzene rings is 2. The standard InChI is InChI=1S/C20H18F2O5S/c1-3-6-16(27-28(2,24)25)20-17(12-7-4-8-13(21)11-12)19(23)18-14(22)9-5-10-15(18)26-20/h4-5,7-11,16H,3,6H2,1-2H3. The SMILES string of the molecule is CCCC(OS(C)(=O)=O)c1oc2cccc(F)c2c(=O)c1-c1cccc(F)c1. The summed E-state index contributed by atoms with van der Waals surface area (Å²) in [4.78, 5) is 13.1. The molecule has 2 aromatic carbocycles. The summed E-state index contributed by atoms with van der Waals surface area (Å²) >= 11 is 0. The zero-order valence-electron chi connectivity index (χ0n) is 15.2. The predicted octanol–water partition coefficient (Wildman–Crippen LogP) is 4.56. The van der Waals surface area contributed by atoms with Crippen LogP contribution < -0.4 is 5.43 Å². The summed E-state index contributed by atoms with van der Waals surface area (Å²) in [7, 11) is -3.89. The molecule has 0 saturated carbocycles. The lowest BCUT2D eigenvalue weighted by atomic mass is 9.98. The summed E-state index contributed by atoms with van der Waals surface area (Å²) in [6.07, 6.45) is 0.516. The van der Waals surface area contributed by atoms with E-state index < -0.39 is 33.3 Å². The molecule has 1 aromatic heterocycles. The first-order chi connectivity index (χ1) is 13.2. The Bertz CT molecular complexity index is 1180. The van der Waals surface area contributed by atoms with Gasteiger partial charge in [-0.05, 0) is 36.2 Å². The summed E-state index contributed by atoms with van der Waals surface area (Å²) in [5.74, 6) is -1.47. The fourth-order valence-electron chi connectivity index (χ4n) is 3.06. The highest BCUT2D eigenvalue weighted by atomic mass is 32.2. The molecular formula is C20H18F2O5S. The Morgan fingerprint density at radius 1 is 1.14 bits per heavy atom. The van der Waals surface area contributed by atoms with Gasteiger partial charge in [-0.25, -0.2) is 8.78 Å². The predicted molar refractivity (Wildman–Crippen MR) is 101 cm³/mol. The molecule has 0 aliphatic rings. The van der Waals surface area contributed by atoms with Gasteiger partial charge in [0.1, 0.15) is 34.5 Å². The van der Waals surface area contributed by atoms with Gasteiger partial charge in [0.25, 0.3) is 10.1 Å². The minimum Gasteiger partial charge on any atom is -0.457 e. The van der Waals surface area contributed by atoms with E-state index in [-0.39, 0.29) is 34.3 Å². The van der Waals surface area contributed by atoms with E-state index in [0.717, 1.165) is 18.4 Å². The number of fused-ring (bicyclic) bond motifs is 1. The second kappa shape index (κ2) is 7.81. The first-order valence-electron chi connectivity index (χ1n) is 8.60. The van der Waals surface area contributed by atoms with Crippen LogP contribution in [0, 0.1) is 11.6 Å². The van der Waals surface area contributed by atoms with Gasteiger partial charge in [-0.2, -0.15) is 8.42 Å². The van der Waals surface area contributed by atoms with Crippen molar-refractivity contribution in [3.63, 3.8) is 0 Å². The minimum atomic E-state index is -3.89. The maximum Gasteiger partial charge on any atom is 0.265 e. The number of hydrogen-bond donors (Lipinski definition) is 0. The van der Waals surface area contributed by atoms with Gasteiger partial charge < -0.3 is 4.42 Å². The van der Waals surface area contributed by atoms with E-state index in [9.17, 15) is 22.0 Å². The summed E-state index contributed by atoms with van der Waals surface area (Å²) in [5, 5.41) is -0.292. The van der Waals surface area contributed by atoms with Gasteiger partial charge in [0.05, 0.1) is 11.8 Å². The molecule has 3 rings (SSSR count). The zero-order chi connectivity index (χ0) is 20.5. The summed E-state index contributed by atoms with van der Waals surface area (Å²) in [6, 6.07) is 9.06. The van der Waals surface area contributed by atoms with E-state index in [0.29, 0.717) is 6.42 Å². The molecule has 0 aliphatic heterocycles. The molecule has 1 heterocycles. The highest BCUT2D eigenvalue weighted by Gasteiger charge is 2.27. The Morgan fingerprint density at radius 2 is 1.86 bits per heavy atom. The second-order valence-electron chi connectivity index (χ2n) is 6.37. The summed E-state index contributed by atoms with van der Waals surface area (Å²) in [5.41, 5.74) is -0.747. The van der Waals surface area contributed by atoms with E-state index in [4.69, 9.17) is 8.60 Å². The van der Waals surface area contributed by atoms with Gasteiger partial charge in [0.15, 0.2) is 0 Å². The second-order valence-corrected chi connectivity index (χ2v) is 7.97. The van der Waals surface area contributed by atoms with Crippen LogP contribution in [-0.4, -0.2) is 14.7 Å². The van der Waals surface area contributed by atoms with Crippen molar-refractivity contribution in [3.8, 4) is 11.1 Å². The Morgan fingerprint density at radius 3 is 2.50 bits per heavy atom. The van der Waals surface area contributed by atoms with Crippen LogP contribution >= 0.6 is 0 Å². The monoisotopic (exact) mass is 408 g/mol. The molecule has 0 bridgehead atoms. The fourth-order valence-corrected chi connectivity index (χ4v) is 3.66. The van der Waals surface area contributed by atoms with E-state index in [1.165, 1.54) is 30.3 Å². The van der Waals surface area contributed by atoms with Crippen LogP contribution in [0.2, 0.25) is 0 Å². The topological polar surface area (TPSA) is 73.6 Å². The number of halogens is 2. The van der Waals surface area contributed by atoms with Crippen LogP contribution in [-0.2, 0) is 14.3 Å².